The van der Waals surface area contributed by atoms with Crippen LogP contribution in [-0.4, -0.2) is 20.2 Å². The van der Waals surface area contributed by atoms with Crippen molar-refractivity contribution >= 4 is 11.6 Å². The van der Waals surface area contributed by atoms with Crippen molar-refractivity contribution in [2.75, 3.05) is 20.2 Å². The zero-order valence-electron chi connectivity index (χ0n) is 7.51. The molecule has 0 saturated carbocycles. The van der Waals surface area contributed by atoms with Crippen molar-refractivity contribution in [1.82, 2.24) is 5.32 Å². The number of rotatable bonds is 2. The molecule has 70 valence electrons. The Labute approximate surface area is 82.9 Å². The van der Waals surface area contributed by atoms with Gasteiger partial charge in [-0.2, -0.15) is 0 Å². The summed E-state index contributed by atoms with van der Waals surface area (Å²) in [7, 11) is 1.65. The van der Waals surface area contributed by atoms with Crippen molar-refractivity contribution in [1.29, 1.82) is 0 Å². The van der Waals surface area contributed by atoms with Gasteiger partial charge in [0.2, 0.25) is 0 Å². The molecule has 0 aromatic heterocycles. The highest BCUT2D eigenvalue weighted by molar-refractivity contribution is 6.31. The summed E-state index contributed by atoms with van der Waals surface area (Å²) in [6.07, 6.45) is 0. The highest BCUT2D eigenvalue weighted by Gasteiger charge is 2.21. The van der Waals surface area contributed by atoms with E-state index in [1.807, 2.05) is 18.2 Å². The first-order chi connectivity index (χ1) is 6.31. The second-order valence-electron chi connectivity index (χ2n) is 3.24. The summed E-state index contributed by atoms with van der Waals surface area (Å²) < 4.78 is 5.08. The van der Waals surface area contributed by atoms with Crippen LogP contribution in [0.25, 0.3) is 0 Å². The first-order valence-electron chi connectivity index (χ1n) is 4.35. The molecular weight excluding hydrogens is 186 g/mol. The van der Waals surface area contributed by atoms with Crippen molar-refractivity contribution < 1.29 is 4.74 Å². The number of benzene rings is 1. The molecule has 3 heteroatoms. The lowest BCUT2D eigenvalue weighted by Crippen LogP contribution is -2.39. The summed E-state index contributed by atoms with van der Waals surface area (Å²) in [4.78, 5) is 0. The number of methoxy groups -OCH3 is 1. The standard InChI is InChI=1S/C10H12ClNO/c1-13-8-2-3-9(10(11)4-8)7-5-12-6-7/h2-4,7,12H,5-6H2,1H3. The average molecular weight is 198 g/mol. The Morgan fingerprint density at radius 1 is 1.46 bits per heavy atom. The lowest BCUT2D eigenvalue weighted by Gasteiger charge is -2.28. The van der Waals surface area contributed by atoms with Gasteiger partial charge in [0, 0.05) is 24.0 Å². The second-order valence-corrected chi connectivity index (χ2v) is 3.65. The number of hydrogen-bond acceptors (Lipinski definition) is 2. The topological polar surface area (TPSA) is 21.3 Å². The van der Waals surface area contributed by atoms with Gasteiger partial charge in [0.15, 0.2) is 0 Å². The van der Waals surface area contributed by atoms with Gasteiger partial charge < -0.3 is 10.1 Å². The lowest BCUT2D eigenvalue weighted by molar-refractivity contribution is 0.413. The zero-order chi connectivity index (χ0) is 9.26. The predicted molar refractivity (Wildman–Crippen MR) is 53.6 cm³/mol. The molecule has 0 amide bonds. The number of ether oxygens (including phenoxy) is 1. The van der Waals surface area contributed by atoms with Crippen LogP contribution in [0.2, 0.25) is 5.02 Å². The van der Waals surface area contributed by atoms with Gasteiger partial charge in [-0.25, -0.2) is 0 Å². The Balaban J connectivity index is 2.26. The normalized spacial score (nSPS) is 16.8. The predicted octanol–water partition coefficient (Wildman–Crippen LogP) is 2.04. The van der Waals surface area contributed by atoms with Crippen LogP contribution >= 0.6 is 11.6 Å². The van der Waals surface area contributed by atoms with Crippen LogP contribution in [0.15, 0.2) is 18.2 Å². The minimum atomic E-state index is 0.582. The van der Waals surface area contributed by atoms with Crippen LogP contribution in [0.5, 0.6) is 5.75 Å². The molecule has 1 aliphatic heterocycles. The van der Waals surface area contributed by atoms with E-state index in [2.05, 4.69) is 5.32 Å². The highest BCUT2D eigenvalue weighted by Crippen LogP contribution is 2.30. The third-order valence-electron chi connectivity index (χ3n) is 2.43. The smallest absolute Gasteiger partial charge is 0.120 e. The van der Waals surface area contributed by atoms with E-state index < -0.39 is 0 Å². The molecule has 1 aliphatic rings. The highest BCUT2D eigenvalue weighted by atomic mass is 35.5. The van der Waals surface area contributed by atoms with E-state index in [-0.39, 0.29) is 0 Å². The number of nitrogens with one attached hydrogen (secondary N) is 1. The second kappa shape index (κ2) is 3.56. The van der Waals surface area contributed by atoms with E-state index in [1.165, 1.54) is 5.56 Å². The molecule has 1 N–H and O–H groups in total. The molecule has 0 bridgehead atoms. The van der Waals surface area contributed by atoms with Gasteiger partial charge in [-0.15, -0.1) is 0 Å². The molecule has 1 saturated heterocycles. The molecule has 0 atom stereocenters. The van der Waals surface area contributed by atoms with Crippen molar-refractivity contribution in [3.63, 3.8) is 0 Å². The minimum absolute atomic E-state index is 0.582. The summed E-state index contributed by atoms with van der Waals surface area (Å²) >= 11 is 6.11. The first-order valence-corrected chi connectivity index (χ1v) is 4.73. The van der Waals surface area contributed by atoms with Crippen LogP contribution in [0, 0.1) is 0 Å². The molecule has 1 aromatic rings. The van der Waals surface area contributed by atoms with Crippen molar-refractivity contribution in [3.8, 4) is 5.75 Å². The molecule has 0 spiro atoms. The summed E-state index contributed by atoms with van der Waals surface area (Å²) in [6, 6.07) is 5.88. The SMILES string of the molecule is COc1ccc(C2CNC2)c(Cl)c1. The minimum Gasteiger partial charge on any atom is -0.497 e. The molecule has 0 aliphatic carbocycles. The van der Waals surface area contributed by atoms with E-state index in [0.717, 1.165) is 23.9 Å². The van der Waals surface area contributed by atoms with Gasteiger partial charge in [0.25, 0.3) is 0 Å². The Morgan fingerprint density at radius 3 is 2.69 bits per heavy atom. The number of hydrogen-bond donors (Lipinski definition) is 1. The van der Waals surface area contributed by atoms with Crippen molar-refractivity contribution in [3.05, 3.63) is 28.8 Å². The lowest BCUT2D eigenvalue weighted by atomic mass is 9.94. The molecule has 0 radical (unpaired) electrons. The Morgan fingerprint density at radius 2 is 2.23 bits per heavy atom. The first kappa shape index (κ1) is 8.85. The summed E-state index contributed by atoms with van der Waals surface area (Å²) in [5.41, 5.74) is 1.22. The quantitative estimate of drug-likeness (QED) is 0.784. The molecular formula is C10H12ClNO. The molecule has 0 unspecified atom stereocenters. The summed E-state index contributed by atoms with van der Waals surface area (Å²) in [5.74, 6) is 1.40. The van der Waals surface area contributed by atoms with E-state index >= 15 is 0 Å². The van der Waals surface area contributed by atoms with E-state index in [0.29, 0.717) is 5.92 Å². The van der Waals surface area contributed by atoms with Crippen molar-refractivity contribution in [2.24, 2.45) is 0 Å². The van der Waals surface area contributed by atoms with Crippen LogP contribution < -0.4 is 10.1 Å². The fourth-order valence-electron chi connectivity index (χ4n) is 1.47. The maximum absolute atomic E-state index is 6.11. The summed E-state index contributed by atoms with van der Waals surface area (Å²) in [6.45, 7) is 2.07. The van der Waals surface area contributed by atoms with Crippen LogP contribution in [0.1, 0.15) is 11.5 Å². The Bertz CT molecular complexity index is 310. The van der Waals surface area contributed by atoms with Crippen LogP contribution in [0.3, 0.4) is 0 Å². The van der Waals surface area contributed by atoms with E-state index in [9.17, 15) is 0 Å². The molecule has 1 heterocycles. The Kier molecular flexibility index (Phi) is 2.42. The van der Waals surface area contributed by atoms with Crippen molar-refractivity contribution in [2.45, 2.75) is 5.92 Å². The average Bonchev–Trinajstić information content (AvgIpc) is 2.05. The molecule has 2 nitrogen and oxygen atoms in total. The maximum atomic E-state index is 6.11. The van der Waals surface area contributed by atoms with Crippen LogP contribution in [-0.2, 0) is 0 Å². The molecule has 2 rings (SSSR count). The number of halogens is 1. The van der Waals surface area contributed by atoms with E-state index in [1.54, 1.807) is 7.11 Å². The van der Waals surface area contributed by atoms with Gasteiger partial charge in [-0.05, 0) is 17.7 Å². The van der Waals surface area contributed by atoms with Gasteiger partial charge in [0.1, 0.15) is 5.75 Å². The molecule has 1 fully saturated rings. The van der Waals surface area contributed by atoms with Gasteiger partial charge in [-0.3, -0.25) is 0 Å². The maximum Gasteiger partial charge on any atom is 0.120 e. The third kappa shape index (κ3) is 1.64. The largest absolute Gasteiger partial charge is 0.497 e. The monoisotopic (exact) mass is 197 g/mol. The Hall–Kier alpha value is -0.730. The fourth-order valence-corrected chi connectivity index (χ4v) is 1.80. The molecule has 13 heavy (non-hydrogen) atoms. The molecule has 1 aromatic carbocycles. The van der Waals surface area contributed by atoms with Gasteiger partial charge >= 0.3 is 0 Å². The zero-order valence-corrected chi connectivity index (χ0v) is 8.27. The fraction of sp³-hybridized carbons (Fsp3) is 0.400. The van der Waals surface area contributed by atoms with Gasteiger partial charge in [0.05, 0.1) is 7.11 Å². The van der Waals surface area contributed by atoms with Gasteiger partial charge in [-0.1, -0.05) is 17.7 Å². The van der Waals surface area contributed by atoms with E-state index in [4.69, 9.17) is 16.3 Å². The third-order valence-corrected chi connectivity index (χ3v) is 2.76. The summed E-state index contributed by atoms with van der Waals surface area (Å²) in [5, 5.41) is 4.04. The van der Waals surface area contributed by atoms with Crippen LogP contribution in [0.4, 0.5) is 0 Å².